The van der Waals surface area contributed by atoms with Gasteiger partial charge in [-0.1, -0.05) is 71.3 Å². The monoisotopic (exact) mass is 562 g/mol. The van der Waals surface area contributed by atoms with Gasteiger partial charge in [0.1, 0.15) is 5.82 Å². The van der Waals surface area contributed by atoms with Crippen LogP contribution in [0.25, 0.3) is 11.3 Å². The maximum Gasteiger partial charge on any atom is 0.185 e. The molecule has 0 bridgehead atoms. The molecule has 0 amide bonds. The lowest BCUT2D eigenvalue weighted by Gasteiger charge is -2.33. The van der Waals surface area contributed by atoms with Gasteiger partial charge >= 0.3 is 0 Å². The first-order chi connectivity index (χ1) is 17.4. The van der Waals surface area contributed by atoms with Crippen molar-refractivity contribution in [3.8, 4) is 11.3 Å². The lowest BCUT2D eigenvalue weighted by atomic mass is 9.89. The van der Waals surface area contributed by atoms with Crippen LogP contribution in [0.15, 0.2) is 40.6 Å². The number of benzene rings is 2. The summed E-state index contributed by atoms with van der Waals surface area (Å²) in [5, 5.41) is 2.39. The SMILES string of the molecule is CC(C)c1cc(C(C)C)c(S(=O)(=O)C2CCN(c3nc(-c4ccc(Cl)c(F)c4)cs3)CC2)c(C(C)C)c1. The minimum atomic E-state index is -3.51. The Bertz CT molecular complexity index is 1350. The maximum atomic E-state index is 14.1. The van der Waals surface area contributed by atoms with E-state index in [0.717, 1.165) is 16.3 Å². The molecule has 0 spiro atoms. The van der Waals surface area contributed by atoms with Gasteiger partial charge in [0.25, 0.3) is 0 Å². The molecule has 1 aliphatic heterocycles. The van der Waals surface area contributed by atoms with Gasteiger partial charge in [-0.25, -0.2) is 17.8 Å². The van der Waals surface area contributed by atoms with E-state index in [1.165, 1.54) is 29.0 Å². The fourth-order valence-electron chi connectivity index (χ4n) is 4.94. The van der Waals surface area contributed by atoms with E-state index in [9.17, 15) is 12.8 Å². The average Bonchev–Trinajstić information content (AvgIpc) is 3.35. The molecule has 0 aliphatic carbocycles. The van der Waals surface area contributed by atoms with Gasteiger partial charge in [-0.2, -0.15) is 0 Å². The summed E-state index contributed by atoms with van der Waals surface area (Å²) in [5.74, 6) is 0.102. The topological polar surface area (TPSA) is 50.3 Å². The number of hydrogen-bond donors (Lipinski definition) is 0. The first-order valence-electron chi connectivity index (χ1n) is 13.0. The lowest BCUT2D eigenvalue weighted by Crippen LogP contribution is -2.39. The van der Waals surface area contributed by atoms with Crippen LogP contribution in [-0.4, -0.2) is 31.7 Å². The first-order valence-corrected chi connectivity index (χ1v) is 15.8. The molecule has 0 unspecified atom stereocenters. The van der Waals surface area contributed by atoms with Crippen LogP contribution >= 0.6 is 22.9 Å². The lowest BCUT2D eigenvalue weighted by molar-refractivity contribution is 0.526. The maximum absolute atomic E-state index is 14.1. The van der Waals surface area contributed by atoms with Gasteiger partial charge in [0.2, 0.25) is 0 Å². The van der Waals surface area contributed by atoms with E-state index >= 15 is 0 Å². The van der Waals surface area contributed by atoms with Gasteiger partial charge in [0.15, 0.2) is 15.0 Å². The molecule has 2 aromatic carbocycles. The second-order valence-corrected chi connectivity index (χ2v) is 14.3. The number of nitrogens with zero attached hydrogens (tertiary/aromatic N) is 2. The molecule has 2 heterocycles. The Morgan fingerprint density at radius 2 is 1.57 bits per heavy atom. The molecule has 0 N–H and O–H groups in total. The van der Waals surface area contributed by atoms with Gasteiger partial charge in [0.05, 0.1) is 20.9 Å². The third kappa shape index (κ3) is 5.74. The summed E-state index contributed by atoms with van der Waals surface area (Å²) in [7, 11) is -3.51. The molecule has 1 aromatic heterocycles. The van der Waals surface area contributed by atoms with Crippen molar-refractivity contribution >= 4 is 37.9 Å². The average molecular weight is 563 g/mol. The number of sulfone groups is 1. The summed E-state index contributed by atoms with van der Waals surface area (Å²) in [4.78, 5) is 7.40. The van der Waals surface area contributed by atoms with Gasteiger partial charge in [-0.05, 0) is 59.4 Å². The van der Waals surface area contributed by atoms with E-state index in [2.05, 4.69) is 58.6 Å². The van der Waals surface area contributed by atoms with Gasteiger partial charge < -0.3 is 4.90 Å². The molecule has 3 aromatic rings. The number of rotatable bonds is 7. The van der Waals surface area contributed by atoms with Crippen LogP contribution in [0, 0.1) is 5.82 Å². The number of aromatic nitrogens is 1. The third-order valence-corrected chi connectivity index (χ3v) is 10.8. The summed E-state index contributed by atoms with van der Waals surface area (Å²) < 4.78 is 42.2. The number of thiazole rings is 1. The highest BCUT2D eigenvalue weighted by atomic mass is 35.5. The second-order valence-electron chi connectivity index (χ2n) is 10.9. The first kappa shape index (κ1) is 28.1. The van der Waals surface area contributed by atoms with Crippen molar-refractivity contribution in [1.82, 2.24) is 4.98 Å². The Balaban J connectivity index is 1.58. The quantitative estimate of drug-likeness (QED) is 0.290. The minimum absolute atomic E-state index is 0.0857. The molecule has 0 atom stereocenters. The van der Waals surface area contributed by atoms with Crippen LogP contribution < -0.4 is 4.90 Å². The molecule has 4 rings (SSSR count). The Hall–Kier alpha value is -1.96. The molecule has 1 fully saturated rings. The zero-order chi connectivity index (χ0) is 27.1. The largest absolute Gasteiger partial charge is 0.348 e. The Morgan fingerprint density at radius 3 is 2.08 bits per heavy atom. The smallest absolute Gasteiger partial charge is 0.185 e. The van der Waals surface area contributed by atoms with Crippen molar-refractivity contribution in [2.45, 2.75) is 82.3 Å². The van der Waals surface area contributed by atoms with E-state index in [1.54, 1.807) is 6.07 Å². The summed E-state index contributed by atoms with van der Waals surface area (Å²) in [6.07, 6.45) is 1.10. The summed E-state index contributed by atoms with van der Waals surface area (Å²) in [5.41, 5.74) is 4.45. The Kier molecular flexibility index (Phi) is 8.37. The highest BCUT2D eigenvalue weighted by Gasteiger charge is 2.36. The fraction of sp³-hybridized carbons (Fsp3) is 0.483. The summed E-state index contributed by atoms with van der Waals surface area (Å²) >= 11 is 7.31. The zero-order valence-electron chi connectivity index (χ0n) is 22.4. The molecule has 4 nitrogen and oxygen atoms in total. The summed E-state index contributed by atoms with van der Waals surface area (Å²) in [6.45, 7) is 13.9. The van der Waals surface area contributed by atoms with Crippen LogP contribution in [0.4, 0.5) is 9.52 Å². The van der Waals surface area contributed by atoms with Gasteiger partial charge in [-0.15, -0.1) is 11.3 Å². The van der Waals surface area contributed by atoms with Crippen molar-refractivity contribution in [3.63, 3.8) is 0 Å². The van der Waals surface area contributed by atoms with Gasteiger partial charge in [0, 0.05) is 24.0 Å². The molecule has 200 valence electrons. The van der Waals surface area contributed by atoms with Crippen molar-refractivity contribution in [3.05, 3.63) is 63.2 Å². The van der Waals surface area contributed by atoms with Crippen LogP contribution in [0.1, 0.15) is 88.8 Å². The number of anilines is 1. The minimum Gasteiger partial charge on any atom is -0.348 e. The molecule has 1 saturated heterocycles. The van der Waals surface area contributed by atoms with Crippen molar-refractivity contribution in [2.75, 3.05) is 18.0 Å². The zero-order valence-corrected chi connectivity index (χ0v) is 24.8. The third-order valence-electron chi connectivity index (χ3n) is 7.22. The Morgan fingerprint density at radius 1 is 0.973 bits per heavy atom. The Labute approximate surface area is 229 Å². The highest BCUT2D eigenvalue weighted by molar-refractivity contribution is 7.92. The molecule has 0 radical (unpaired) electrons. The van der Waals surface area contributed by atoms with Crippen LogP contribution in [0.3, 0.4) is 0 Å². The number of halogens is 2. The second kappa shape index (κ2) is 11.0. The predicted octanol–water partition coefficient (Wildman–Crippen LogP) is 8.42. The number of piperidine rings is 1. The molecular weight excluding hydrogens is 527 g/mol. The highest BCUT2D eigenvalue weighted by Crippen LogP contribution is 2.39. The van der Waals surface area contributed by atoms with E-state index in [1.807, 2.05) is 5.38 Å². The predicted molar refractivity (Wildman–Crippen MR) is 154 cm³/mol. The van der Waals surface area contributed by atoms with Crippen LogP contribution in [0.2, 0.25) is 5.02 Å². The van der Waals surface area contributed by atoms with Crippen molar-refractivity contribution in [2.24, 2.45) is 0 Å². The molecule has 1 aliphatic rings. The standard InChI is InChI=1S/C29H36ClFN2O2S2/c1-17(2)21-13-23(18(3)4)28(24(14-21)19(5)6)37(34,35)22-9-11-33(12-10-22)29-32-27(16-36-29)20-7-8-25(30)26(31)15-20/h7-8,13-19,22H,9-12H2,1-6H3. The van der Waals surface area contributed by atoms with E-state index < -0.39 is 20.9 Å². The van der Waals surface area contributed by atoms with E-state index in [-0.39, 0.29) is 16.9 Å². The van der Waals surface area contributed by atoms with Gasteiger partial charge in [-0.3, -0.25) is 0 Å². The van der Waals surface area contributed by atoms with Crippen LogP contribution in [0.5, 0.6) is 0 Å². The van der Waals surface area contributed by atoms with Crippen molar-refractivity contribution < 1.29 is 12.8 Å². The van der Waals surface area contributed by atoms with Crippen molar-refractivity contribution in [1.29, 1.82) is 0 Å². The number of hydrogen-bond acceptors (Lipinski definition) is 5. The molecular formula is C29H36ClFN2O2S2. The van der Waals surface area contributed by atoms with E-state index in [0.29, 0.717) is 48.0 Å². The fourth-order valence-corrected chi connectivity index (χ4v) is 8.36. The molecule has 8 heteroatoms. The normalized spacial score (nSPS) is 15.4. The molecule has 37 heavy (non-hydrogen) atoms. The van der Waals surface area contributed by atoms with E-state index in [4.69, 9.17) is 16.6 Å². The molecule has 0 saturated carbocycles. The summed E-state index contributed by atoms with van der Waals surface area (Å²) in [6, 6.07) is 8.90. The van der Waals surface area contributed by atoms with Crippen LogP contribution in [-0.2, 0) is 9.84 Å².